The molecule has 0 aromatic heterocycles. The Kier molecular flexibility index (Phi) is 42.6. The number of hydrogen-bond donors (Lipinski definition) is 3. The topological polar surface area (TPSA) is 60.7 Å². The maximum Gasteiger partial charge on any atom is 0.0430 e. The summed E-state index contributed by atoms with van der Waals surface area (Å²) in [6, 6.07) is 0. The standard InChI is InChI=1S/C4H10O.2C3H8O/c1-2-3-4-5;2*1-2-3-4/h5H,2-4H2,1H3;2*4H,2-3H2,1H3. The van der Waals surface area contributed by atoms with Gasteiger partial charge in [0.05, 0.1) is 0 Å². The van der Waals surface area contributed by atoms with E-state index in [1.54, 1.807) is 0 Å². The van der Waals surface area contributed by atoms with Gasteiger partial charge in [-0.2, -0.15) is 0 Å². The van der Waals surface area contributed by atoms with Crippen molar-refractivity contribution < 1.29 is 15.3 Å². The molecule has 0 atom stereocenters. The molecular weight excluding hydrogens is 168 g/mol. The van der Waals surface area contributed by atoms with Crippen molar-refractivity contribution in [2.24, 2.45) is 0 Å². The third kappa shape index (κ3) is 77.0. The Morgan fingerprint density at radius 2 is 0.923 bits per heavy atom. The third-order valence-corrected chi connectivity index (χ3v) is 0.959. The van der Waals surface area contributed by atoms with Gasteiger partial charge in [0.1, 0.15) is 0 Å². The van der Waals surface area contributed by atoms with Gasteiger partial charge in [-0.3, -0.25) is 0 Å². The average Bonchev–Trinajstić information content (AvgIpc) is 2.20. The fourth-order valence-electron chi connectivity index (χ4n) is 0.158. The van der Waals surface area contributed by atoms with E-state index in [2.05, 4.69) is 6.92 Å². The van der Waals surface area contributed by atoms with Gasteiger partial charge >= 0.3 is 0 Å². The summed E-state index contributed by atoms with van der Waals surface area (Å²) in [7, 11) is 0. The Morgan fingerprint density at radius 1 is 0.615 bits per heavy atom. The Bertz CT molecular complexity index is 39.4. The van der Waals surface area contributed by atoms with Crippen LogP contribution in [-0.2, 0) is 0 Å². The van der Waals surface area contributed by atoms with Crippen molar-refractivity contribution in [3.8, 4) is 0 Å². The van der Waals surface area contributed by atoms with Gasteiger partial charge in [0.2, 0.25) is 0 Å². The first-order valence-electron chi connectivity index (χ1n) is 5.07. The Balaban J connectivity index is -0.000000117. The Labute approximate surface area is 82.4 Å². The van der Waals surface area contributed by atoms with Gasteiger partial charge in [0.15, 0.2) is 0 Å². The van der Waals surface area contributed by atoms with Gasteiger partial charge in [-0.1, -0.05) is 27.2 Å². The monoisotopic (exact) mass is 194 g/mol. The maximum atomic E-state index is 8.07. The summed E-state index contributed by atoms with van der Waals surface area (Å²) in [6.45, 7) is 6.90. The van der Waals surface area contributed by atoms with Crippen LogP contribution in [-0.4, -0.2) is 35.1 Å². The largest absolute Gasteiger partial charge is 0.396 e. The molecule has 0 rings (SSSR count). The van der Waals surface area contributed by atoms with E-state index in [9.17, 15) is 0 Å². The third-order valence-electron chi connectivity index (χ3n) is 0.959. The lowest BCUT2D eigenvalue weighted by atomic mass is 10.4. The second-order valence-corrected chi connectivity index (χ2v) is 2.52. The van der Waals surface area contributed by atoms with Crippen LogP contribution in [0.4, 0.5) is 0 Å². The van der Waals surface area contributed by atoms with Gasteiger partial charge in [0.25, 0.3) is 0 Å². The molecule has 3 nitrogen and oxygen atoms in total. The lowest BCUT2D eigenvalue weighted by Gasteiger charge is -1.79. The fourth-order valence-corrected chi connectivity index (χ4v) is 0.158. The highest BCUT2D eigenvalue weighted by atomic mass is 16.3. The minimum absolute atomic E-state index is 0.319. The van der Waals surface area contributed by atoms with E-state index in [4.69, 9.17) is 15.3 Å². The SMILES string of the molecule is CCCCO.CCCO.CCCO. The smallest absolute Gasteiger partial charge is 0.0430 e. The van der Waals surface area contributed by atoms with Crippen LogP contribution in [0, 0.1) is 0 Å². The van der Waals surface area contributed by atoms with Gasteiger partial charge in [-0.15, -0.1) is 0 Å². The normalized spacial score (nSPS) is 7.85. The lowest BCUT2D eigenvalue weighted by molar-refractivity contribution is 0.287. The van der Waals surface area contributed by atoms with Gasteiger partial charge in [-0.25, -0.2) is 0 Å². The van der Waals surface area contributed by atoms with E-state index >= 15 is 0 Å². The first-order valence-corrected chi connectivity index (χ1v) is 5.07. The van der Waals surface area contributed by atoms with Crippen molar-refractivity contribution >= 4 is 0 Å². The van der Waals surface area contributed by atoms with E-state index in [0.29, 0.717) is 19.8 Å². The molecule has 0 saturated heterocycles. The quantitative estimate of drug-likeness (QED) is 0.636. The van der Waals surface area contributed by atoms with Crippen LogP contribution < -0.4 is 0 Å². The molecule has 0 amide bonds. The molecule has 0 saturated carbocycles. The molecule has 0 heterocycles. The zero-order valence-corrected chi connectivity index (χ0v) is 9.29. The molecule has 0 unspecified atom stereocenters. The Morgan fingerprint density at radius 3 is 0.923 bits per heavy atom. The van der Waals surface area contributed by atoms with Crippen molar-refractivity contribution in [1.29, 1.82) is 0 Å². The molecule has 0 aliphatic rings. The highest BCUT2D eigenvalue weighted by molar-refractivity contribution is 4.23. The number of aliphatic hydroxyl groups excluding tert-OH is 3. The van der Waals surface area contributed by atoms with Crippen LogP contribution in [0.2, 0.25) is 0 Å². The van der Waals surface area contributed by atoms with Gasteiger partial charge < -0.3 is 15.3 Å². The predicted octanol–water partition coefficient (Wildman–Crippen LogP) is 1.56. The van der Waals surface area contributed by atoms with Crippen LogP contribution in [0.5, 0.6) is 0 Å². The molecule has 0 radical (unpaired) electrons. The molecular formula is C10H26O3. The van der Waals surface area contributed by atoms with Crippen LogP contribution in [0.25, 0.3) is 0 Å². The van der Waals surface area contributed by atoms with Gasteiger partial charge in [-0.05, 0) is 19.3 Å². The van der Waals surface area contributed by atoms with Gasteiger partial charge in [0, 0.05) is 19.8 Å². The summed E-state index contributed by atoms with van der Waals surface area (Å²) >= 11 is 0. The minimum Gasteiger partial charge on any atom is -0.396 e. The summed E-state index contributed by atoms with van der Waals surface area (Å²) in [4.78, 5) is 0. The van der Waals surface area contributed by atoms with Crippen LogP contribution in [0.15, 0.2) is 0 Å². The lowest BCUT2D eigenvalue weighted by Crippen LogP contribution is -1.75. The summed E-state index contributed by atoms with van der Waals surface area (Å²) in [5.41, 5.74) is 0. The predicted molar refractivity (Wildman–Crippen MR) is 56.7 cm³/mol. The summed E-state index contributed by atoms with van der Waals surface area (Å²) in [6.07, 6.45) is 3.79. The van der Waals surface area contributed by atoms with Crippen LogP contribution in [0.3, 0.4) is 0 Å². The van der Waals surface area contributed by atoms with E-state index in [-0.39, 0.29) is 0 Å². The summed E-state index contributed by atoms with van der Waals surface area (Å²) in [5.74, 6) is 0. The molecule has 3 N–H and O–H groups in total. The number of rotatable bonds is 4. The van der Waals surface area contributed by atoms with E-state index < -0.39 is 0 Å². The zero-order valence-electron chi connectivity index (χ0n) is 9.29. The molecule has 84 valence electrons. The van der Waals surface area contributed by atoms with Crippen molar-refractivity contribution in [3.05, 3.63) is 0 Å². The zero-order chi connectivity index (χ0) is 10.9. The van der Waals surface area contributed by atoms with Crippen LogP contribution >= 0.6 is 0 Å². The number of aliphatic hydroxyl groups is 3. The highest BCUT2D eigenvalue weighted by Crippen LogP contribution is 1.78. The molecule has 0 aromatic rings. The van der Waals surface area contributed by atoms with Crippen molar-refractivity contribution in [1.82, 2.24) is 0 Å². The molecule has 0 spiro atoms. The average molecular weight is 194 g/mol. The minimum atomic E-state index is 0.319. The van der Waals surface area contributed by atoms with Crippen molar-refractivity contribution in [2.75, 3.05) is 19.8 Å². The van der Waals surface area contributed by atoms with Crippen LogP contribution in [0.1, 0.15) is 46.5 Å². The molecule has 0 aliphatic carbocycles. The highest BCUT2D eigenvalue weighted by Gasteiger charge is 1.69. The molecule has 13 heavy (non-hydrogen) atoms. The number of hydrogen-bond acceptors (Lipinski definition) is 3. The molecule has 0 fully saturated rings. The second-order valence-electron chi connectivity index (χ2n) is 2.52. The first kappa shape index (κ1) is 18.6. The molecule has 0 aromatic carbocycles. The molecule has 0 bridgehead atoms. The Hall–Kier alpha value is -0.120. The summed E-state index contributed by atoms with van der Waals surface area (Å²) < 4.78 is 0. The van der Waals surface area contributed by atoms with E-state index in [0.717, 1.165) is 25.7 Å². The van der Waals surface area contributed by atoms with E-state index in [1.165, 1.54) is 0 Å². The van der Waals surface area contributed by atoms with Crippen molar-refractivity contribution in [3.63, 3.8) is 0 Å². The second kappa shape index (κ2) is 29.7. The fraction of sp³-hybridized carbons (Fsp3) is 1.00. The molecule has 3 heteroatoms. The molecule has 0 aliphatic heterocycles. The van der Waals surface area contributed by atoms with E-state index in [1.807, 2.05) is 13.8 Å². The summed E-state index contributed by atoms with van der Waals surface area (Å²) in [5, 5.41) is 23.8. The van der Waals surface area contributed by atoms with Crippen molar-refractivity contribution in [2.45, 2.75) is 46.5 Å². The first-order chi connectivity index (χ1) is 6.24. The maximum absolute atomic E-state index is 8.07. The number of unbranched alkanes of at least 4 members (excludes halogenated alkanes) is 1.